The molecule has 0 unspecified atom stereocenters. The van der Waals surface area contributed by atoms with Crippen molar-refractivity contribution in [3.05, 3.63) is 54.6 Å². The lowest BCUT2D eigenvalue weighted by molar-refractivity contribution is -0.143. The topological polar surface area (TPSA) is 71.0 Å². The quantitative estimate of drug-likeness (QED) is 0.813. The number of aliphatic hydroxyl groups is 1. The molecule has 2 amide bonds. The van der Waals surface area contributed by atoms with Crippen LogP contribution in [0.15, 0.2) is 54.6 Å². The molecule has 0 bridgehead atoms. The Balaban J connectivity index is 1.59. The molecule has 6 heteroatoms. The zero-order chi connectivity index (χ0) is 20.2. The number of likely N-dealkylation sites (tertiary alicyclic amines) is 1. The van der Waals surface area contributed by atoms with Crippen molar-refractivity contribution in [1.82, 2.24) is 4.90 Å². The molecular weight excluding hydrogens is 356 g/mol. The number of piperidine rings is 1. The highest BCUT2D eigenvalue weighted by Gasteiger charge is 2.48. The average Bonchev–Trinajstić information content (AvgIpc) is 2.67. The van der Waals surface area contributed by atoms with Crippen molar-refractivity contribution in [2.24, 2.45) is 5.41 Å². The Morgan fingerprint density at radius 2 is 1.75 bits per heavy atom. The molecule has 1 atom stereocenters. The number of nitrogens with zero attached hydrogens (tertiary/aromatic N) is 1. The summed E-state index contributed by atoms with van der Waals surface area (Å²) in [6.07, 6.45) is 0.477. The van der Waals surface area contributed by atoms with E-state index in [1.807, 2.05) is 68.4 Å². The summed E-state index contributed by atoms with van der Waals surface area (Å²) < 4.78 is 10.9. The van der Waals surface area contributed by atoms with Crippen LogP contribution in [-0.2, 0) is 4.74 Å². The summed E-state index contributed by atoms with van der Waals surface area (Å²) in [6.45, 7) is 5.11. The van der Waals surface area contributed by atoms with Gasteiger partial charge in [0.25, 0.3) is 0 Å². The van der Waals surface area contributed by atoms with Crippen LogP contribution in [0.25, 0.3) is 0 Å². The van der Waals surface area contributed by atoms with Gasteiger partial charge in [0.05, 0.1) is 12.2 Å². The summed E-state index contributed by atoms with van der Waals surface area (Å²) >= 11 is 0. The average molecular weight is 384 g/mol. The summed E-state index contributed by atoms with van der Waals surface area (Å²) in [4.78, 5) is 14.4. The first kappa shape index (κ1) is 20.2. The SMILES string of the molecule is COC[C@]1(O)CCN(C(=O)Nc2ccc(Oc3ccccc3)cc2)CC1(C)C. The molecule has 0 radical (unpaired) electrons. The molecule has 0 aliphatic carbocycles. The van der Waals surface area contributed by atoms with Gasteiger partial charge in [-0.1, -0.05) is 32.0 Å². The van der Waals surface area contributed by atoms with Gasteiger partial charge in [-0.15, -0.1) is 0 Å². The highest BCUT2D eigenvalue weighted by Crippen LogP contribution is 2.39. The highest BCUT2D eigenvalue weighted by molar-refractivity contribution is 5.89. The van der Waals surface area contributed by atoms with Crippen LogP contribution in [0.2, 0.25) is 0 Å². The fraction of sp³-hybridized carbons (Fsp3) is 0.409. The highest BCUT2D eigenvalue weighted by atomic mass is 16.5. The third-order valence-corrected chi connectivity index (χ3v) is 5.40. The second-order valence-electron chi connectivity index (χ2n) is 7.89. The third kappa shape index (κ3) is 4.46. The number of urea groups is 1. The van der Waals surface area contributed by atoms with Gasteiger partial charge in [-0.2, -0.15) is 0 Å². The van der Waals surface area contributed by atoms with Gasteiger partial charge in [-0.05, 0) is 42.8 Å². The molecular formula is C22H28N2O4. The van der Waals surface area contributed by atoms with Crippen LogP contribution in [0.5, 0.6) is 11.5 Å². The van der Waals surface area contributed by atoms with Crippen molar-refractivity contribution in [1.29, 1.82) is 0 Å². The Bertz CT molecular complexity index is 792. The minimum atomic E-state index is -0.936. The van der Waals surface area contributed by atoms with Crippen molar-refractivity contribution in [2.75, 3.05) is 32.1 Å². The van der Waals surface area contributed by atoms with Crippen LogP contribution in [0.1, 0.15) is 20.3 Å². The van der Waals surface area contributed by atoms with Gasteiger partial charge in [0.15, 0.2) is 0 Å². The maximum absolute atomic E-state index is 12.7. The summed E-state index contributed by atoms with van der Waals surface area (Å²) in [7, 11) is 1.58. The molecule has 1 saturated heterocycles. The van der Waals surface area contributed by atoms with Crippen LogP contribution >= 0.6 is 0 Å². The van der Waals surface area contributed by atoms with Gasteiger partial charge < -0.3 is 24.8 Å². The van der Waals surface area contributed by atoms with E-state index in [1.165, 1.54) is 0 Å². The zero-order valence-electron chi connectivity index (χ0n) is 16.6. The van der Waals surface area contributed by atoms with Gasteiger partial charge in [0.2, 0.25) is 0 Å². The van der Waals surface area contributed by atoms with Gasteiger partial charge in [0, 0.05) is 31.3 Å². The monoisotopic (exact) mass is 384 g/mol. The Labute approximate surface area is 166 Å². The van der Waals surface area contributed by atoms with Gasteiger partial charge in [0.1, 0.15) is 11.5 Å². The minimum absolute atomic E-state index is 0.177. The molecule has 150 valence electrons. The fourth-order valence-corrected chi connectivity index (χ4v) is 3.47. The predicted octanol–water partition coefficient (Wildman–Crippen LogP) is 4.12. The Morgan fingerprint density at radius 1 is 1.11 bits per heavy atom. The maximum atomic E-state index is 12.7. The van der Waals surface area contributed by atoms with E-state index in [0.717, 1.165) is 5.75 Å². The Hall–Kier alpha value is -2.57. The molecule has 2 aromatic carbocycles. The van der Waals surface area contributed by atoms with E-state index in [-0.39, 0.29) is 12.6 Å². The van der Waals surface area contributed by atoms with Crippen molar-refractivity contribution >= 4 is 11.7 Å². The van der Waals surface area contributed by atoms with E-state index in [0.29, 0.717) is 30.9 Å². The second-order valence-corrected chi connectivity index (χ2v) is 7.89. The van der Waals surface area contributed by atoms with Crippen molar-refractivity contribution in [2.45, 2.75) is 25.9 Å². The number of nitrogens with one attached hydrogen (secondary N) is 1. The van der Waals surface area contributed by atoms with Gasteiger partial charge >= 0.3 is 6.03 Å². The number of methoxy groups -OCH3 is 1. The van der Waals surface area contributed by atoms with Crippen molar-refractivity contribution < 1.29 is 19.4 Å². The predicted molar refractivity (Wildman–Crippen MR) is 109 cm³/mol. The molecule has 1 aliphatic rings. The molecule has 0 spiro atoms. The number of carbonyl (C=O) groups excluding carboxylic acids is 1. The van der Waals surface area contributed by atoms with Gasteiger partial charge in [-0.3, -0.25) is 0 Å². The van der Waals surface area contributed by atoms with Gasteiger partial charge in [-0.25, -0.2) is 4.79 Å². The minimum Gasteiger partial charge on any atom is -0.457 e. The zero-order valence-corrected chi connectivity index (χ0v) is 16.6. The molecule has 2 aromatic rings. The lowest BCUT2D eigenvalue weighted by atomic mass is 9.70. The Morgan fingerprint density at radius 3 is 2.36 bits per heavy atom. The van der Waals surface area contributed by atoms with E-state index in [1.54, 1.807) is 12.0 Å². The molecule has 0 saturated carbocycles. The molecule has 1 aliphatic heterocycles. The van der Waals surface area contributed by atoms with Crippen molar-refractivity contribution in [3.8, 4) is 11.5 Å². The van der Waals surface area contributed by atoms with Crippen LogP contribution in [0, 0.1) is 5.41 Å². The number of amides is 2. The number of hydrogen-bond donors (Lipinski definition) is 2. The molecule has 1 fully saturated rings. The second kappa shape index (κ2) is 8.20. The maximum Gasteiger partial charge on any atom is 0.321 e. The molecule has 1 heterocycles. The lowest BCUT2D eigenvalue weighted by Gasteiger charge is -2.49. The van der Waals surface area contributed by atoms with Crippen LogP contribution in [0.4, 0.5) is 10.5 Å². The number of anilines is 1. The first-order valence-electron chi connectivity index (χ1n) is 9.43. The van der Waals surface area contributed by atoms with E-state index < -0.39 is 11.0 Å². The molecule has 2 N–H and O–H groups in total. The van der Waals surface area contributed by atoms with Crippen LogP contribution in [-0.4, -0.2) is 48.4 Å². The normalized spacial score (nSPS) is 21.2. The number of hydrogen-bond acceptors (Lipinski definition) is 4. The fourth-order valence-electron chi connectivity index (χ4n) is 3.47. The van der Waals surface area contributed by atoms with Crippen LogP contribution < -0.4 is 10.1 Å². The third-order valence-electron chi connectivity index (χ3n) is 5.40. The smallest absolute Gasteiger partial charge is 0.321 e. The van der Waals surface area contributed by atoms with E-state index in [9.17, 15) is 9.90 Å². The molecule has 3 rings (SSSR count). The summed E-state index contributed by atoms with van der Waals surface area (Å²) in [6, 6.07) is 16.6. The molecule has 0 aromatic heterocycles. The lowest BCUT2D eigenvalue weighted by Crippen LogP contribution is -2.61. The number of ether oxygens (including phenoxy) is 2. The van der Waals surface area contributed by atoms with E-state index in [2.05, 4.69) is 5.32 Å². The first-order chi connectivity index (χ1) is 13.3. The van der Waals surface area contributed by atoms with Crippen molar-refractivity contribution in [3.63, 3.8) is 0 Å². The molecule has 28 heavy (non-hydrogen) atoms. The Kier molecular flexibility index (Phi) is 5.91. The van der Waals surface area contributed by atoms with Crippen LogP contribution in [0.3, 0.4) is 0 Å². The number of rotatable bonds is 5. The van der Waals surface area contributed by atoms with E-state index in [4.69, 9.17) is 9.47 Å². The standard InChI is InChI=1S/C22H28N2O4/c1-21(2)15-24(14-13-22(21,26)16-27-3)20(25)23-17-9-11-19(12-10-17)28-18-7-5-4-6-8-18/h4-12,26H,13-16H2,1-3H3,(H,23,25)/t22-/m1/s1. The number of benzene rings is 2. The molecule has 6 nitrogen and oxygen atoms in total. The first-order valence-corrected chi connectivity index (χ1v) is 9.43. The number of para-hydroxylation sites is 1. The summed E-state index contributed by atoms with van der Waals surface area (Å²) in [5.41, 5.74) is -0.707. The summed E-state index contributed by atoms with van der Waals surface area (Å²) in [5, 5.41) is 13.8. The largest absolute Gasteiger partial charge is 0.457 e. The van der Waals surface area contributed by atoms with E-state index >= 15 is 0 Å². The summed E-state index contributed by atoms with van der Waals surface area (Å²) in [5.74, 6) is 1.46. The number of carbonyl (C=O) groups is 1.